The minimum Gasteiger partial charge on any atom is -0.364 e. The lowest BCUT2D eigenvalue weighted by Gasteiger charge is -2.10. The van der Waals surface area contributed by atoms with Crippen LogP contribution in [-0.2, 0) is 5.41 Å². The topological polar surface area (TPSA) is 77.2 Å². The second kappa shape index (κ2) is 3.15. The first-order chi connectivity index (χ1) is 6.68. The molecule has 0 aliphatic heterocycles. The van der Waals surface area contributed by atoms with Crippen LogP contribution in [0.4, 0.5) is 0 Å². The standard InChI is InChI=1S/C10H12N2O2/c11-6-10(2-3-10)8-5-7(9(13)14)1-4-12-8/h1,4-6,9,11,13-14H,2-3H2. The van der Waals surface area contributed by atoms with Gasteiger partial charge in [0.25, 0.3) is 0 Å². The average Bonchev–Trinajstić information content (AvgIpc) is 2.98. The number of hydrogen-bond donors (Lipinski definition) is 3. The van der Waals surface area contributed by atoms with Crippen LogP contribution in [0.5, 0.6) is 0 Å². The van der Waals surface area contributed by atoms with E-state index in [1.807, 2.05) is 0 Å². The van der Waals surface area contributed by atoms with Crippen LogP contribution >= 0.6 is 0 Å². The van der Waals surface area contributed by atoms with Gasteiger partial charge in [-0.15, -0.1) is 0 Å². The van der Waals surface area contributed by atoms with Crippen molar-refractivity contribution in [3.63, 3.8) is 0 Å². The predicted molar refractivity (Wildman–Crippen MR) is 51.1 cm³/mol. The van der Waals surface area contributed by atoms with Crippen LogP contribution in [0, 0.1) is 5.41 Å². The quantitative estimate of drug-likeness (QED) is 0.488. The Balaban J connectivity index is 2.35. The van der Waals surface area contributed by atoms with Crippen molar-refractivity contribution in [2.24, 2.45) is 0 Å². The van der Waals surface area contributed by atoms with Crippen molar-refractivity contribution >= 4 is 6.21 Å². The van der Waals surface area contributed by atoms with Gasteiger partial charge >= 0.3 is 0 Å². The highest BCUT2D eigenvalue weighted by atomic mass is 16.5. The van der Waals surface area contributed by atoms with Crippen molar-refractivity contribution in [1.82, 2.24) is 4.98 Å². The van der Waals surface area contributed by atoms with E-state index in [9.17, 15) is 0 Å². The molecule has 0 saturated heterocycles. The van der Waals surface area contributed by atoms with Crippen LogP contribution in [0.3, 0.4) is 0 Å². The van der Waals surface area contributed by atoms with Crippen LogP contribution in [0.15, 0.2) is 18.3 Å². The molecule has 0 spiro atoms. The lowest BCUT2D eigenvalue weighted by molar-refractivity contribution is -0.0426. The van der Waals surface area contributed by atoms with Gasteiger partial charge in [0.2, 0.25) is 0 Å². The molecule has 14 heavy (non-hydrogen) atoms. The van der Waals surface area contributed by atoms with Gasteiger partial charge in [0.05, 0.1) is 5.69 Å². The molecule has 4 nitrogen and oxygen atoms in total. The Kier molecular flexibility index (Phi) is 2.09. The molecule has 1 aromatic rings. The summed E-state index contributed by atoms with van der Waals surface area (Å²) in [6.07, 6.45) is 3.33. The van der Waals surface area contributed by atoms with Gasteiger partial charge in [0.15, 0.2) is 6.29 Å². The summed E-state index contributed by atoms with van der Waals surface area (Å²) >= 11 is 0. The minimum atomic E-state index is -1.46. The van der Waals surface area contributed by atoms with Crippen LogP contribution in [0.1, 0.15) is 30.4 Å². The van der Waals surface area contributed by atoms with Gasteiger partial charge in [0, 0.05) is 23.4 Å². The molecule has 74 valence electrons. The number of aliphatic hydroxyl groups excluding tert-OH is 1. The van der Waals surface area contributed by atoms with Crippen LogP contribution in [0.25, 0.3) is 0 Å². The minimum absolute atomic E-state index is 0.231. The Labute approximate surface area is 81.7 Å². The van der Waals surface area contributed by atoms with E-state index >= 15 is 0 Å². The smallest absolute Gasteiger partial charge is 0.178 e. The molecule has 4 heteroatoms. The Bertz CT molecular complexity index is 359. The summed E-state index contributed by atoms with van der Waals surface area (Å²) in [5.41, 5.74) is 0.964. The molecule has 0 amide bonds. The molecular formula is C10H12N2O2. The fourth-order valence-corrected chi connectivity index (χ4v) is 1.49. The van der Waals surface area contributed by atoms with E-state index in [1.165, 1.54) is 6.21 Å². The SMILES string of the molecule is N=CC1(c2cc(C(O)O)ccn2)CC1. The molecule has 0 aromatic carbocycles. The van der Waals surface area contributed by atoms with E-state index in [2.05, 4.69) is 4.98 Å². The van der Waals surface area contributed by atoms with Crippen LogP contribution in [-0.4, -0.2) is 21.4 Å². The van der Waals surface area contributed by atoms with Gasteiger partial charge in [-0.3, -0.25) is 4.98 Å². The molecule has 1 saturated carbocycles. The maximum absolute atomic E-state index is 8.98. The van der Waals surface area contributed by atoms with E-state index in [-0.39, 0.29) is 5.41 Å². The number of hydrogen-bond acceptors (Lipinski definition) is 4. The first kappa shape index (κ1) is 9.30. The first-order valence-corrected chi connectivity index (χ1v) is 4.52. The molecule has 0 radical (unpaired) electrons. The summed E-state index contributed by atoms with van der Waals surface area (Å²) in [5.74, 6) is 0. The number of aromatic nitrogens is 1. The summed E-state index contributed by atoms with van der Waals surface area (Å²) in [6.45, 7) is 0. The molecule has 1 fully saturated rings. The lowest BCUT2D eigenvalue weighted by Crippen LogP contribution is -2.10. The van der Waals surface area contributed by atoms with Gasteiger partial charge in [-0.2, -0.15) is 0 Å². The van der Waals surface area contributed by atoms with Crippen molar-refractivity contribution < 1.29 is 10.2 Å². The number of pyridine rings is 1. The van der Waals surface area contributed by atoms with Gasteiger partial charge in [0.1, 0.15) is 0 Å². The molecule has 0 atom stereocenters. The Morgan fingerprint density at radius 1 is 1.50 bits per heavy atom. The summed E-state index contributed by atoms with van der Waals surface area (Å²) in [5, 5.41) is 25.2. The van der Waals surface area contributed by atoms with Crippen molar-refractivity contribution in [1.29, 1.82) is 5.41 Å². The second-order valence-corrected chi connectivity index (χ2v) is 3.65. The Hall–Kier alpha value is -1.26. The molecule has 1 aromatic heterocycles. The molecule has 1 heterocycles. The molecule has 1 aliphatic rings. The molecule has 3 N–H and O–H groups in total. The van der Waals surface area contributed by atoms with E-state index in [0.29, 0.717) is 5.56 Å². The monoisotopic (exact) mass is 192 g/mol. The zero-order valence-corrected chi connectivity index (χ0v) is 7.64. The van der Waals surface area contributed by atoms with Crippen LogP contribution in [0.2, 0.25) is 0 Å². The Morgan fingerprint density at radius 2 is 2.21 bits per heavy atom. The number of nitrogens with one attached hydrogen (secondary N) is 1. The van der Waals surface area contributed by atoms with Crippen molar-refractivity contribution in [2.75, 3.05) is 0 Å². The van der Waals surface area contributed by atoms with Gasteiger partial charge in [-0.1, -0.05) is 0 Å². The van der Waals surface area contributed by atoms with Crippen molar-refractivity contribution in [3.8, 4) is 0 Å². The highest BCUT2D eigenvalue weighted by Crippen LogP contribution is 2.45. The molecular weight excluding hydrogens is 180 g/mol. The van der Waals surface area contributed by atoms with E-state index in [0.717, 1.165) is 18.5 Å². The third kappa shape index (κ3) is 1.42. The highest BCUT2D eigenvalue weighted by molar-refractivity contribution is 5.74. The maximum Gasteiger partial charge on any atom is 0.178 e. The maximum atomic E-state index is 8.98. The number of rotatable bonds is 3. The lowest BCUT2D eigenvalue weighted by atomic mass is 10.0. The van der Waals surface area contributed by atoms with Crippen molar-refractivity contribution in [2.45, 2.75) is 24.5 Å². The summed E-state index contributed by atoms with van der Waals surface area (Å²) in [6, 6.07) is 3.22. The molecule has 0 unspecified atom stereocenters. The zero-order chi connectivity index (χ0) is 10.2. The van der Waals surface area contributed by atoms with Crippen molar-refractivity contribution in [3.05, 3.63) is 29.6 Å². The zero-order valence-electron chi connectivity index (χ0n) is 7.64. The molecule has 2 rings (SSSR count). The van der Waals surface area contributed by atoms with Gasteiger partial charge < -0.3 is 15.6 Å². The van der Waals surface area contributed by atoms with E-state index < -0.39 is 6.29 Å². The molecule has 1 aliphatic carbocycles. The molecule has 0 bridgehead atoms. The van der Waals surface area contributed by atoms with E-state index in [1.54, 1.807) is 18.3 Å². The van der Waals surface area contributed by atoms with Gasteiger partial charge in [-0.25, -0.2) is 0 Å². The second-order valence-electron chi connectivity index (χ2n) is 3.65. The third-order valence-corrected chi connectivity index (χ3v) is 2.66. The average molecular weight is 192 g/mol. The largest absolute Gasteiger partial charge is 0.364 e. The van der Waals surface area contributed by atoms with Gasteiger partial charge in [-0.05, 0) is 25.0 Å². The fraction of sp³-hybridized carbons (Fsp3) is 0.400. The Morgan fingerprint density at radius 3 is 2.71 bits per heavy atom. The third-order valence-electron chi connectivity index (χ3n) is 2.66. The fourth-order valence-electron chi connectivity index (χ4n) is 1.49. The summed E-state index contributed by atoms with van der Waals surface area (Å²) < 4.78 is 0. The number of nitrogens with zero attached hydrogens (tertiary/aromatic N) is 1. The summed E-state index contributed by atoms with van der Waals surface area (Å²) in [4.78, 5) is 4.15. The highest BCUT2D eigenvalue weighted by Gasteiger charge is 2.43. The normalized spacial score (nSPS) is 18.2. The summed E-state index contributed by atoms with van der Waals surface area (Å²) in [7, 11) is 0. The van der Waals surface area contributed by atoms with E-state index in [4.69, 9.17) is 15.6 Å². The van der Waals surface area contributed by atoms with Crippen LogP contribution < -0.4 is 0 Å². The number of aliphatic hydroxyl groups is 2. The first-order valence-electron chi connectivity index (χ1n) is 4.52. The predicted octanol–water partition coefficient (Wildman–Crippen LogP) is 0.746.